The van der Waals surface area contributed by atoms with Gasteiger partial charge < -0.3 is 15.5 Å². The van der Waals surface area contributed by atoms with E-state index in [2.05, 4.69) is 47.4 Å². The topological polar surface area (TPSA) is 53.1 Å². The molecule has 0 saturated carbocycles. The molecule has 3 rings (SSSR count). The first kappa shape index (κ1) is 12.7. The zero-order valence-corrected chi connectivity index (χ0v) is 12.0. The molecule has 2 N–H and O–H groups in total. The molecule has 0 aliphatic carbocycles. The molecule has 0 amide bonds. The molecular formula is C14H23N5. The van der Waals surface area contributed by atoms with Crippen molar-refractivity contribution in [1.29, 1.82) is 0 Å². The zero-order valence-electron chi connectivity index (χ0n) is 12.0. The second-order valence-electron chi connectivity index (χ2n) is 6.53. The van der Waals surface area contributed by atoms with Crippen LogP contribution in [-0.4, -0.2) is 42.2 Å². The number of hydrogen-bond donors (Lipinski definition) is 2. The summed E-state index contributed by atoms with van der Waals surface area (Å²) in [6.07, 6.45) is 1.25. The highest BCUT2D eigenvalue weighted by Crippen LogP contribution is 2.26. The first-order valence-corrected chi connectivity index (χ1v) is 7.14. The lowest BCUT2D eigenvalue weighted by Crippen LogP contribution is -2.51. The summed E-state index contributed by atoms with van der Waals surface area (Å²) >= 11 is 0. The second-order valence-corrected chi connectivity index (χ2v) is 6.53. The molecule has 2 fully saturated rings. The van der Waals surface area contributed by atoms with Gasteiger partial charge in [-0.15, -0.1) is 0 Å². The summed E-state index contributed by atoms with van der Waals surface area (Å²) in [5, 5.41) is 6.76. The molecule has 104 valence electrons. The van der Waals surface area contributed by atoms with Crippen molar-refractivity contribution in [3.8, 4) is 0 Å². The summed E-state index contributed by atoms with van der Waals surface area (Å²) in [6.45, 7) is 10.8. The van der Waals surface area contributed by atoms with Crippen LogP contribution >= 0.6 is 0 Å². The van der Waals surface area contributed by atoms with Crippen LogP contribution in [0.1, 0.15) is 32.9 Å². The third kappa shape index (κ3) is 2.66. The van der Waals surface area contributed by atoms with Gasteiger partial charge in [-0.2, -0.15) is 4.98 Å². The lowest BCUT2D eigenvalue weighted by Gasteiger charge is -2.33. The number of hydrogen-bond acceptors (Lipinski definition) is 5. The molecule has 1 aromatic heterocycles. The third-order valence-corrected chi connectivity index (χ3v) is 3.76. The number of rotatable bonds is 3. The van der Waals surface area contributed by atoms with Crippen molar-refractivity contribution in [1.82, 2.24) is 15.3 Å². The van der Waals surface area contributed by atoms with E-state index in [1.54, 1.807) is 0 Å². The van der Waals surface area contributed by atoms with Crippen LogP contribution in [0.5, 0.6) is 0 Å². The molecule has 1 aromatic rings. The van der Waals surface area contributed by atoms with E-state index in [1.807, 2.05) is 0 Å². The summed E-state index contributed by atoms with van der Waals surface area (Å²) in [4.78, 5) is 11.7. The van der Waals surface area contributed by atoms with Crippen LogP contribution < -0.4 is 15.5 Å². The standard InChI is InChI=1S/C14H23N5/c1-14(2,3)11-7-12(16-10-8-15-9-10)18-13(17-11)19-5-4-6-19/h7,10,15H,4-6,8-9H2,1-3H3,(H,16,17,18). The molecule has 5 nitrogen and oxygen atoms in total. The van der Waals surface area contributed by atoms with Gasteiger partial charge in [-0.05, 0) is 6.42 Å². The molecule has 0 bridgehead atoms. The minimum atomic E-state index is 0.0524. The third-order valence-electron chi connectivity index (χ3n) is 3.76. The Bertz CT molecular complexity index is 457. The van der Waals surface area contributed by atoms with Gasteiger partial charge in [0.25, 0.3) is 0 Å². The maximum atomic E-state index is 4.74. The molecule has 0 unspecified atom stereocenters. The van der Waals surface area contributed by atoms with E-state index in [0.29, 0.717) is 6.04 Å². The van der Waals surface area contributed by atoms with E-state index in [0.717, 1.165) is 43.6 Å². The second kappa shape index (κ2) is 4.63. The molecule has 2 aliphatic rings. The molecule has 0 aromatic carbocycles. The minimum Gasteiger partial charge on any atom is -0.365 e. The maximum absolute atomic E-state index is 4.74. The van der Waals surface area contributed by atoms with Crippen LogP contribution in [0.2, 0.25) is 0 Å². The van der Waals surface area contributed by atoms with Gasteiger partial charge in [0.15, 0.2) is 0 Å². The Morgan fingerprint density at radius 3 is 2.47 bits per heavy atom. The Balaban J connectivity index is 1.88. The molecular weight excluding hydrogens is 238 g/mol. The molecule has 0 atom stereocenters. The van der Waals surface area contributed by atoms with Gasteiger partial charge >= 0.3 is 0 Å². The molecule has 0 spiro atoms. The van der Waals surface area contributed by atoms with Gasteiger partial charge in [0.1, 0.15) is 5.82 Å². The van der Waals surface area contributed by atoms with E-state index in [4.69, 9.17) is 4.98 Å². The van der Waals surface area contributed by atoms with E-state index >= 15 is 0 Å². The number of anilines is 2. The fourth-order valence-electron chi connectivity index (χ4n) is 2.15. The Hall–Kier alpha value is -1.36. The first-order valence-electron chi connectivity index (χ1n) is 7.14. The monoisotopic (exact) mass is 261 g/mol. The number of aromatic nitrogens is 2. The van der Waals surface area contributed by atoms with E-state index in [-0.39, 0.29) is 5.41 Å². The van der Waals surface area contributed by atoms with Crippen LogP contribution in [0.15, 0.2) is 6.07 Å². The van der Waals surface area contributed by atoms with Gasteiger partial charge in [0.05, 0.1) is 11.7 Å². The van der Waals surface area contributed by atoms with Crippen LogP contribution in [0, 0.1) is 0 Å². The lowest BCUT2D eigenvalue weighted by atomic mass is 9.92. The molecule has 5 heteroatoms. The van der Waals surface area contributed by atoms with Crippen molar-refractivity contribution in [2.24, 2.45) is 0 Å². The van der Waals surface area contributed by atoms with Gasteiger partial charge in [-0.3, -0.25) is 0 Å². The van der Waals surface area contributed by atoms with Crippen molar-refractivity contribution in [3.05, 3.63) is 11.8 Å². The van der Waals surface area contributed by atoms with Gasteiger partial charge in [0.2, 0.25) is 5.95 Å². The summed E-state index contributed by atoms with van der Waals surface area (Å²) in [6, 6.07) is 2.61. The van der Waals surface area contributed by atoms with Crippen molar-refractivity contribution < 1.29 is 0 Å². The van der Waals surface area contributed by atoms with Gasteiger partial charge in [-0.1, -0.05) is 20.8 Å². The normalized spacial score (nSPS) is 19.8. The lowest BCUT2D eigenvalue weighted by molar-refractivity contribution is 0.470. The van der Waals surface area contributed by atoms with Gasteiger partial charge in [0, 0.05) is 37.7 Å². The molecule has 2 saturated heterocycles. The molecule has 0 radical (unpaired) electrons. The number of nitrogens with one attached hydrogen (secondary N) is 2. The molecule has 19 heavy (non-hydrogen) atoms. The summed E-state index contributed by atoms with van der Waals surface area (Å²) in [5.74, 6) is 1.85. The van der Waals surface area contributed by atoms with Crippen LogP contribution in [0.25, 0.3) is 0 Å². The fraction of sp³-hybridized carbons (Fsp3) is 0.714. The largest absolute Gasteiger partial charge is 0.365 e. The summed E-state index contributed by atoms with van der Waals surface area (Å²) in [5.41, 5.74) is 1.16. The molecule has 3 heterocycles. The quantitative estimate of drug-likeness (QED) is 0.860. The Morgan fingerprint density at radius 1 is 1.26 bits per heavy atom. The highest BCUT2D eigenvalue weighted by molar-refractivity contribution is 5.47. The van der Waals surface area contributed by atoms with Crippen molar-refractivity contribution >= 4 is 11.8 Å². The van der Waals surface area contributed by atoms with Crippen molar-refractivity contribution in [3.63, 3.8) is 0 Å². The SMILES string of the molecule is CC(C)(C)c1cc(NC2CNC2)nc(N2CCC2)n1. The number of nitrogens with zero attached hydrogens (tertiary/aromatic N) is 3. The Labute approximate surface area is 114 Å². The first-order chi connectivity index (χ1) is 9.02. The summed E-state index contributed by atoms with van der Waals surface area (Å²) in [7, 11) is 0. The maximum Gasteiger partial charge on any atom is 0.227 e. The smallest absolute Gasteiger partial charge is 0.227 e. The van der Waals surface area contributed by atoms with Crippen molar-refractivity contribution in [2.45, 2.75) is 38.6 Å². The van der Waals surface area contributed by atoms with E-state index in [1.165, 1.54) is 6.42 Å². The highest BCUT2D eigenvalue weighted by Gasteiger charge is 2.24. The van der Waals surface area contributed by atoms with Crippen molar-refractivity contribution in [2.75, 3.05) is 36.4 Å². The predicted molar refractivity (Wildman–Crippen MR) is 77.8 cm³/mol. The average Bonchev–Trinajstić information content (AvgIpc) is 2.19. The zero-order chi connectivity index (χ0) is 13.5. The highest BCUT2D eigenvalue weighted by atomic mass is 15.3. The fourth-order valence-corrected chi connectivity index (χ4v) is 2.15. The average molecular weight is 261 g/mol. The predicted octanol–water partition coefficient (Wildman–Crippen LogP) is 1.37. The minimum absolute atomic E-state index is 0.0524. The van der Waals surface area contributed by atoms with Crippen LogP contribution in [0.4, 0.5) is 11.8 Å². The van der Waals surface area contributed by atoms with E-state index in [9.17, 15) is 0 Å². The van der Waals surface area contributed by atoms with Crippen LogP contribution in [-0.2, 0) is 5.41 Å². The molecule has 2 aliphatic heterocycles. The Kier molecular flexibility index (Phi) is 3.09. The van der Waals surface area contributed by atoms with E-state index < -0.39 is 0 Å². The van der Waals surface area contributed by atoms with Gasteiger partial charge in [-0.25, -0.2) is 4.98 Å². The summed E-state index contributed by atoms with van der Waals surface area (Å²) < 4.78 is 0. The van der Waals surface area contributed by atoms with Crippen LogP contribution in [0.3, 0.4) is 0 Å². The Morgan fingerprint density at radius 2 is 2.00 bits per heavy atom.